The zero-order chi connectivity index (χ0) is 13.8. The molecule has 0 aliphatic heterocycles. The van der Waals surface area contributed by atoms with Crippen molar-refractivity contribution < 1.29 is 9.60 Å². The molecule has 0 fully saturated rings. The van der Waals surface area contributed by atoms with Crippen LogP contribution in [0.25, 0.3) is 10.8 Å². The molecule has 2 rings (SSSR count). The molecule has 0 atom stereocenters. The molecule has 0 aromatic heterocycles. The smallest absolute Gasteiger partial charge is 0.0616 e. The van der Waals surface area contributed by atoms with Crippen molar-refractivity contribution in [1.82, 2.24) is 0 Å². The van der Waals surface area contributed by atoms with Gasteiger partial charge >= 0.3 is 0 Å². The lowest BCUT2D eigenvalue weighted by Gasteiger charge is -1.97. The summed E-state index contributed by atoms with van der Waals surface area (Å²) in [6.45, 7) is 0. The Hall–Kier alpha value is -0.820. The van der Waals surface area contributed by atoms with Gasteiger partial charge in [0.15, 0.2) is 0 Å². The lowest BCUT2D eigenvalue weighted by molar-refractivity contribution is 1.71. The zero-order valence-electron chi connectivity index (χ0n) is 12.4. The first-order chi connectivity index (χ1) is 8.29. The van der Waals surface area contributed by atoms with Crippen molar-refractivity contribution in [1.29, 1.82) is 0 Å². The van der Waals surface area contributed by atoms with Crippen LogP contribution in [-0.4, -0.2) is 0 Å². The van der Waals surface area contributed by atoms with Gasteiger partial charge in [-0.2, -0.15) is 0 Å². The van der Waals surface area contributed by atoms with Crippen molar-refractivity contribution in [3.63, 3.8) is 0 Å². The Bertz CT molecular complexity index is 567. The van der Waals surface area contributed by atoms with E-state index < -0.39 is 12.1 Å². The van der Waals surface area contributed by atoms with Gasteiger partial charge in [0.2, 0.25) is 0 Å². The van der Waals surface area contributed by atoms with Gasteiger partial charge < -0.3 is 0 Å². The van der Waals surface area contributed by atoms with E-state index >= 15 is 0 Å². The van der Waals surface area contributed by atoms with E-state index in [1.807, 2.05) is 0 Å². The van der Waals surface area contributed by atoms with Crippen LogP contribution in [0.5, 0.6) is 0 Å². The van der Waals surface area contributed by atoms with Gasteiger partial charge in [0.05, 0.1) is 9.60 Å². The fraction of sp³-hybridized carbons (Fsp3) is 0. The maximum absolute atomic E-state index is 7.78. The monoisotopic (exact) mass is 213 g/mol. The molecule has 2 aromatic carbocycles. The fourth-order valence-electron chi connectivity index (χ4n) is 0.782. The molecule has 0 N–H and O–H groups in total. The molecule has 0 spiro atoms. The number of hydrogen-bond acceptors (Lipinski definition) is 0. The molecule has 0 nitrogen and oxygen atoms in total. The molecule has 0 saturated heterocycles. The Balaban J connectivity index is 3.22. The molecule has 0 heterocycles. The largest absolute Gasteiger partial charge is 0.0635 e. The maximum Gasteiger partial charge on any atom is 0.0635 e. The average molecular weight is 214 g/mol. The van der Waals surface area contributed by atoms with E-state index in [1.54, 1.807) is 0 Å². The maximum atomic E-state index is 7.78. The van der Waals surface area contributed by atoms with Crippen molar-refractivity contribution in [3.8, 4) is 0 Å². The normalized spacial score (nSPS) is 19.2. The Kier molecular flexibility index (Phi) is 0.629. The molecule has 2 aromatic rings. The van der Waals surface area contributed by atoms with Gasteiger partial charge in [-0.05, 0) is 16.8 Å². The molecule has 1 heteroatoms. The van der Waals surface area contributed by atoms with E-state index in [-0.39, 0.29) is 45.5 Å². The predicted octanol–water partition coefficient (Wildman–Crippen LogP) is 3.60. The SMILES string of the molecule is [2H]c1c([2H])c([2H])c2c(Br)c([2H])c([2H])c([2H])c2c1[2H]. The van der Waals surface area contributed by atoms with E-state index in [9.17, 15) is 0 Å². The van der Waals surface area contributed by atoms with Crippen LogP contribution in [0.3, 0.4) is 0 Å². The molecule has 0 amide bonds. The van der Waals surface area contributed by atoms with E-state index in [0.717, 1.165) is 0 Å². The summed E-state index contributed by atoms with van der Waals surface area (Å²) in [6, 6.07) is -2.48. The van der Waals surface area contributed by atoms with Crippen LogP contribution in [0, 0.1) is 0 Å². The minimum Gasteiger partial charge on any atom is -0.0616 e. The van der Waals surface area contributed by atoms with E-state index in [4.69, 9.17) is 9.60 Å². The molecule has 0 aliphatic rings. The number of fused-ring (bicyclic) bond motifs is 1. The molecule has 11 heavy (non-hydrogen) atoms. The summed E-state index contributed by atoms with van der Waals surface area (Å²) in [7, 11) is 0. The summed E-state index contributed by atoms with van der Waals surface area (Å²) in [5.74, 6) is 0. The molecule has 0 radical (unpaired) electrons. The Morgan fingerprint density at radius 1 is 1.00 bits per heavy atom. The van der Waals surface area contributed by atoms with Gasteiger partial charge in [0.25, 0.3) is 0 Å². The topological polar surface area (TPSA) is 0 Å². The first-order valence-corrected chi connectivity index (χ1v) is 3.73. The minimum atomic E-state index is -0.440. The van der Waals surface area contributed by atoms with Crippen molar-refractivity contribution in [2.45, 2.75) is 0 Å². The number of hydrogen-bond donors (Lipinski definition) is 0. The predicted molar refractivity (Wildman–Crippen MR) is 51.6 cm³/mol. The number of halogens is 1. The Morgan fingerprint density at radius 3 is 2.64 bits per heavy atom. The lowest BCUT2D eigenvalue weighted by Crippen LogP contribution is -1.71. The Labute approximate surface area is 83.8 Å². The number of rotatable bonds is 0. The van der Waals surface area contributed by atoms with Gasteiger partial charge in [0, 0.05) is 4.47 Å². The van der Waals surface area contributed by atoms with E-state index in [1.165, 1.54) is 0 Å². The zero-order valence-corrected chi connectivity index (χ0v) is 6.96. The standard InChI is InChI=1S/C10H7Br/c11-10-7-3-5-8-4-1-2-6-9(8)10/h1-7H/i1D,2D,3D,4D,5D,6D,7D. The van der Waals surface area contributed by atoms with Crippen LogP contribution in [0.1, 0.15) is 9.60 Å². The summed E-state index contributed by atoms with van der Waals surface area (Å²) in [5.41, 5.74) is 0. The highest BCUT2D eigenvalue weighted by molar-refractivity contribution is 9.10. The molecule has 0 saturated carbocycles. The first-order valence-electron chi connectivity index (χ1n) is 6.44. The molecular formula is C10H7Br. The highest BCUT2D eigenvalue weighted by Gasteiger charge is 1.93. The first kappa shape index (κ1) is 2.60. The molecule has 0 aliphatic carbocycles. The summed E-state index contributed by atoms with van der Waals surface area (Å²) in [5, 5.41) is 0.0425. The van der Waals surface area contributed by atoms with Crippen molar-refractivity contribution in [2.24, 2.45) is 0 Å². The van der Waals surface area contributed by atoms with Crippen LogP contribution in [0.2, 0.25) is 0 Å². The summed E-state index contributed by atoms with van der Waals surface area (Å²) in [4.78, 5) is 0. The molecule has 0 bridgehead atoms. The third-order valence-corrected chi connectivity index (χ3v) is 1.86. The third-order valence-electron chi connectivity index (χ3n) is 1.27. The second-order valence-electron chi connectivity index (χ2n) is 1.94. The molecular weight excluding hydrogens is 200 g/mol. The average Bonchev–Trinajstić information content (AvgIpc) is 2.35. The van der Waals surface area contributed by atoms with Crippen molar-refractivity contribution >= 4 is 26.7 Å². The van der Waals surface area contributed by atoms with Crippen LogP contribution in [-0.2, 0) is 0 Å². The highest BCUT2D eigenvalue weighted by Crippen LogP contribution is 2.22. The lowest BCUT2D eigenvalue weighted by atomic mass is 10.1. The third kappa shape index (κ3) is 1.16. The molecule has 0 unspecified atom stereocenters. The molecule has 54 valence electrons. The second-order valence-corrected chi connectivity index (χ2v) is 2.73. The van der Waals surface area contributed by atoms with Gasteiger partial charge in [-0.15, -0.1) is 0 Å². The van der Waals surface area contributed by atoms with Crippen LogP contribution in [0.4, 0.5) is 0 Å². The number of benzene rings is 2. The van der Waals surface area contributed by atoms with Gasteiger partial charge in [-0.25, -0.2) is 0 Å². The van der Waals surface area contributed by atoms with E-state index in [2.05, 4.69) is 15.9 Å². The Morgan fingerprint density at radius 2 is 1.73 bits per heavy atom. The summed E-state index contributed by atoms with van der Waals surface area (Å²) < 4.78 is 53.8. The van der Waals surface area contributed by atoms with Crippen molar-refractivity contribution in [3.05, 3.63) is 46.8 Å². The van der Waals surface area contributed by atoms with Crippen LogP contribution < -0.4 is 0 Å². The quantitative estimate of drug-likeness (QED) is 0.628. The van der Waals surface area contributed by atoms with Gasteiger partial charge in [-0.1, -0.05) is 52.2 Å². The summed E-state index contributed by atoms with van der Waals surface area (Å²) >= 11 is 3.07. The van der Waals surface area contributed by atoms with Crippen molar-refractivity contribution in [2.75, 3.05) is 0 Å². The summed E-state index contributed by atoms with van der Waals surface area (Å²) in [6.07, 6.45) is 0. The van der Waals surface area contributed by atoms with Crippen LogP contribution in [0.15, 0.2) is 46.8 Å². The van der Waals surface area contributed by atoms with Gasteiger partial charge in [0.1, 0.15) is 0 Å². The van der Waals surface area contributed by atoms with E-state index in [0.29, 0.717) is 0 Å². The highest BCUT2D eigenvalue weighted by atomic mass is 79.9. The minimum absolute atomic E-state index is 0.0334. The van der Waals surface area contributed by atoms with Crippen LogP contribution >= 0.6 is 15.9 Å². The van der Waals surface area contributed by atoms with Gasteiger partial charge in [-0.3, -0.25) is 0 Å². The second kappa shape index (κ2) is 2.67. The fourth-order valence-corrected chi connectivity index (χ4v) is 1.18.